The van der Waals surface area contributed by atoms with Crippen LogP contribution in [0.15, 0.2) is 41.9 Å². The van der Waals surface area contributed by atoms with E-state index < -0.39 is 23.0 Å². The van der Waals surface area contributed by atoms with E-state index >= 15 is 0 Å². The molecule has 1 amide bonds. The van der Waals surface area contributed by atoms with Crippen molar-refractivity contribution in [1.29, 1.82) is 5.26 Å². The second-order valence-corrected chi connectivity index (χ2v) is 7.72. The third kappa shape index (κ3) is 5.12. The summed E-state index contributed by atoms with van der Waals surface area (Å²) >= 11 is 0. The largest absolute Gasteiger partial charge is 0.489 e. The number of aromatic nitrogens is 1. The van der Waals surface area contributed by atoms with Crippen molar-refractivity contribution in [3.8, 4) is 11.8 Å². The van der Waals surface area contributed by atoms with E-state index in [0.29, 0.717) is 11.3 Å². The highest BCUT2D eigenvalue weighted by molar-refractivity contribution is 7.82. The van der Waals surface area contributed by atoms with Gasteiger partial charge in [0.05, 0.1) is 24.3 Å². The van der Waals surface area contributed by atoms with Gasteiger partial charge in [0.1, 0.15) is 15.9 Å². The Morgan fingerprint density at radius 1 is 1.55 bits per heavy atom. The van der Waals surface area contributed by atoms with Crippen LogP contribution in [0, 0.1) is 24.2 Å². The van der Waals surface area contributed by atoms with Crippen LogP contribution in [-0.4, -0.2) is 32.5 Å². The quantitative estimate of drug-likeness (QED) is 0.567. The molecule has 3 unspecified atom stereocenters. The Kier molecular flexibility index (Phi) is 7.34. The van der Waals surface area contributed by atoms with Crippen molar-refractivity contribution < 1.29 is 18.8 Å². The second kappa shape index (κ2) is 9.52. The van der Waals surface area contributed by atoms with Crippen LogP contribution in [0.4, 0.5) is 5.69 Å². The molecule has 154 valence electrons. The maximum absolute atomic E-state index is 12.9. The van der Waals surface area contributed by atoms with Crippen LogP contribution in [-0.2, 0) is 18.0 Å². The Morgan fingerprint density at radius 3 is 2.83 bits per heavy atom. The molecule has 0 aliphatic carbocycles. The highest BCUT2D eigenvalue weighted by Crippen LogP contribution is 2.30. The highest BCUT2D eigenvalue weighted by Gasteiger charge is 2.25. The fraction of sp³-hybridized carbons (Fsp3) is 0.300. The molecule has 0 bridgehead atoms. The van der Waals surface area contributed by atoms with Crippen LogP contribution in [0.1, 0.15) is 28.5 Å². The van der Waals surface area contributed by atoms with Crippen molar-refractivity contribution in [2.45, 2.75) is 24.8 Å². The summed E-state index contributed by atoms with van der Waals surface area (Å²) < 4.78 is 19.1. The number of anilines is 1. The van der Waals surface area contributed by atoms with Gasteiger partial charge in [0.25, 0.3) is 5.91 Å². The maximum Gasteiger partial charge on any atom is 0.276 e. The zero-order valence-corrected chi connectivity index (χ0v) is 17.3. The Labute approximate surface area is 172 Å². The number of hydrogen-bond donors (Lipinski definition) is 3. The van der Waals surface area contributed by atoms with Gasteiger partial charge in [-0.1, -0.05) is 19.1 Å². The number of carbonyl (C=O) groups excluding carboxylic acids is 1. The van der Waals surface area contributed by atoms with Gasteiger partial charge in [0.15, 0.2) is 11.4 Å². The molecule has 4 N–H and O–H groups in total. The number of aryl methyl sites for hydroxylation is 2. The minimum absolute atomic E-state index is 0.0603. The molecular weight excluding hydrogens is 392 g/mol. The standard InChI is InChI=1S/C20H24N4O4S/c1-5-16(25)13(3)11-28-19-17(29(22)27)10-24(4)18(19)20(26)23-15-7-6-12(2)14(8-15)9-21/h5-8,10,13,16,25H,1,11,22H2,2-4H3,(H,23,26). The van der Waals surface area contributed by atoms with Gasteiger partial charge in [0, 0.05) is 24.8 Å². The fourth-order valence-electron chi connectivity index (χ4n) is 2.68. The summed E-state index contributed by atoms with van der Waals surface area (Å²) in [6, 6.07) is 7.05. The van der Waals surface area contributed by atoms with E-state index in [0.717, 1.165) is 5.56 Å². The Bertz CT molecular complexity index is 993. The average Bonchev–Trinajstić information content (AvgIpc) is 3.03. The number of nitriles is 1. The number of nitrogens with zero attached hydrogens (tertiary/aromatic N) is 2. The molecule has 0 aliphatic heterocycles. The lowest BCUT2D eigenvalue weighted by Gasteiger charge is -2.17. The molecule has 1 aromatic heterocycles. The summed E-state index contributed by atoms with van der Waals surface area (Å²) in [5.41, 5.74) is 1.81. The molecule has 0 saturated carbocycles. The van der Waals surface area contributed by atoms with Gasteiger partial charge >= 0.3 is 0 Å². The number of ether oxygens (including phenoxy) is 1. The molecule has 1 aromatic carbocycles. The molecule has 1 heterocycles. The van der Waals surface area contributed by atoms with Gasteiger partial charge in [-0.3, -0.25) is 4.79 Å². The van der Waals surface area contributed by atoms with Crippen LogP contribution in [0.5, 0.6) is 5.75 Å². The van der Waals surface area contributed by atoms with Gasteiger partial charge in [-0.2, -0.15) is 5.26 Å². The molecule has 0 radical (unpaired) electrons. The van der Waals surface area contributed by atoms with Crippen molar-refractivity contribution in [3.63, 3.8) is 0 Å². The first kappa shape index (κ1) is 22.4. The van der Waals surface area contributed by atoms with Gasteiger partial charge in [0.2, 0.25) is 0 Å². The lowest BCUT2D eigenvalue weighted by molar-refractivity contribution is 0.100. The summed E-state index contributed by atoms with van der Waals surface area (Å²) in [5, 5.41) is 27.3. The van der Waals surface area contributed by atoms with Crippen molar-refractivity contribution >= 4 is 22.6 Å². The molecule has 9 heteroatoms. The SMILES string of the molecule is C=CC(O)C(C)COc1c(S(N)=O)cn(C)c1C(=O)Nc1ccc(C)c(C#N)c1. The van der Waals surface area contributed by atoms with Crippen LogP contribution in [0.25, 0.3) is 0 Å². The zero-order chi connectivity index (χ0) is 21.7. The number of nitrogens with one attached hydrogen (secondary N) is 1. The normalized spacial score (nSPS) is 13.8. The highest BCUT2D eigenvalue weighted by atomic mass is 32.2. The summed E-state index contributed by atoms with van der Waals surface area (Å²) in [5.74, 6) is -0.733. The van der Waals surface area contributed by atoms with E-state index in [1.165, 1.54) is 16.8 Å². The number of hydrogen-bond acceptors (Lipinski definition) is 5. The van der Waals surface area contributed by atoms with Crippen molar-refractivity contribution in [2.24, 2.45) is 18.1 Å². The average molecular weight is 417 g/mol. The Hall–Kier alpha value is -2.93. The van der Waals surface area contributed by atoms with Crippen LogP contribution in [0.2, 0.25) is 0 Å². The number of benzene rings is 1. The number of aliphatic hydroxyl groups is 1. The minimum atomic E-state index is -1.88. The van der Waals surface area contributed by atoms with Gasteiger partial charge in [-0.25, -0.2) is 9.35 Å². The monoisotopic (exact) mass is 416 g/mol. The third-order valence-corrected chi connectivity index (χ3v) is 5.19. The van der Waals surface area contributed by atoms with E-state index in [1.807, 2.05) is 0 Å². The third-order valence-electron chi connectivity index (χ3n) is 4.47. The number of rotatable bonds is 8. The summed E-state index contributed by atoms with van der Waals surface area (Å²) in [4.78, 5) is 13.1. The van der Waals surface area contributed by atoms with Gasteiger partial charge < -0.3 is 19.7 Å². The zero-order valence-electron chi connectivity index (χ0n) is 16.5. The molecule has 0 saturated heterocycles. The molecule has 2 rings (SSSR count). The smallest absolute Gasteiger partial charge is 0.276 e. The van der Waals surface area contributed by atoms with E-state index in [2.05, 4.69) is 18.0 Å². The van der Waals surface area contributed by atoms with Gasteiger partial charge in [-0.05, 0) is 24.6 Å². The minimum Gasteiger partial charge on any atom is -0.489 e. The molecule has 29 heavy (non-hydrogen) atoms. The summed E-state index contributed by atoms with van der Waals surface area (Å²) in [6.45, 7) is 7.15. The summed E-state index contributed by atoms with van der Waals surface area (Å²) in [6.07, 6.45) is 2.06. The number of carbonyl (C=O) groups is 1. The number of aliphatic hydroxyl groups excluding tert-OH is 1. The molecule has 0 fully saturated rings. The topological polar surface area (TPSA) is 130 Å². The van der Waals surface area contributed by atoms with Crippen LogP contribution < -0.4 is 15.2 Å². The predicted octanol–water partition coefficient (Wildman–Crippen LogP) is 2.00. The van der Waals surface area contributed by atoms with Gasteiger partial charge in [-0.15, -0.1) is 6.58 Å². The molecule has 2 aromatic rings. The predicted molar refractivity (Wildman–Crippen MR) is 111 cm³/mol. The van der Waals surface area contributed by atoms with Crippen molar-refractivity contribution in [3.05, 3.63) is 53.9 Å². The van der Waals surface area contributed by atoms with Crippen LogP contribution in [0.3, 0.4) is 0 Å². The Morgan fingerprint density at radius 2 is 2.24 bits per heavy atom. The molecule has 0 aliphatic rings. The van der Waals surface area contributed by atoms with E-state index in [4.69, 9.17) is 9.88 Å². The maximum atomic E-state index is 12.9. The van der Waals surface area contributed by atoms with E-state index in [-0.39, 0.29) is 28.9 Å². The first-order chi connectivity index (χ1) is 13.7. The number of amides is 1. The second-order valence-electron chi connectivity index (χ2n) is 6.69. The van der Waals surface area contributed by atoms with E-state index in [9.17, 15) is 19.4 Å². The fourth-order valence-corrected chi connectivity index (χ4v) is 3.28. The summed E-state index contributed by atoms with van der Waals surface area (Å²) in [7, 11) is -0.273. The first-order valence-corrected chi connectivity index (χ1v) is 10.0. The van der Waals surface area contributed by atoms with Crippen molar-refractivity contribution in [2.75, 3.05) is 11.9 Å². The van der Waals surface area contributed by atoms with Crippen molar-refractivity contribution in [1.82, 2.24) is 4.57 Å². The molecule has 0 spiro atoms. The number of nitrogens with two attached hydrogens (primary N) is 1. The first-order valence-electron chi connectivity index (χ1n) is 8.80. The van der Waals surface area contributed by atoms with Crippen LogP contribution >= 0.6 is 0 Å². The lowest BCUT2D eigenvalue weighted by atomic mass is 10.1. The molecule has 8 nitrogen and oxygen atoms in total. The lowest BCUT2D eigenvalue weighted by Crippen LogP contribution is -2.23. The molecule has 3 atom stereocenters. The molecular formula is C20H24N4O4S. The van der Waals surface area contributed by atoms with E-state index in [1.54, 1.807) is 39.1 Å². The Balaban J connectivity index is 2.35.